The molecule has 0 saturated carbocycles. The fourth-order valence-electron chi connectivity index (χ4n) is 3.42. The monoisotopic (exact) mass is 446 g/mol. The van der Waals surface area contributed by atoms with Gasteiger partial charge in [-0.3, -0.25) is 4.79 Å². The van der Waals surface area contributed by atoms with Crippen molar-refractivity contribution in [3.63, 3.8) is 0 Å². The molecular formula is C22H21F3N4O3. The van der Waals surface area contributed by atoms with Crippen LogP contribution < -0.4 is 14.8 Å². The number of carbonyl (C=O) groups excluding carboxylic acids is 1. The third-order valence-corrected chi connectivity index (χ3v) is 4.70. The highest BCUT2D eigenvalue weighted by Gasteiger charge is 2.30. The van der Waals surface area contributed by atoms with Crippen LogP contribution in [0.2, 0.25) is 0 Å². The Labute approximate surface area is 182 Å². The maximum atomic E-state index is 12.8. The number of nitrogens with zero attached hydrogens (tertiary/aromatic N) is 2. The average Bonchev–Trinajstić information content (AvgIpc) is 3.17. The first-order chi connectivity index (χ1) is 15.2. The van der Waals surface area contributed by atoms with E-state index >= 15 is 0 Å². The van der Waals surface area contributed by atoms with Crippen molar-refractivity contribution in [2.24, 2.45) is 0 Å². The van der Waals surface area contributed by atoms with Gasteiger partial charge < -0.3 is 19.8 Å². The highest BCUT2D eigenvalue weighted by molar-refractivity contribution is 5.97. The first-order valence-corrected chi connectivity index (χ1v) is 10.0. The van der Waals surface area contributed by atoms with E-state index in [1.54, 1.807) is 38.1 Å². The second kappa shape index (κ2) is 8.52. The SMILES string of the molecule is CC(C)Oc1cccc(OCC(F)(F)F)c1-c1nccc(-c2cc3c([nH]2)CCNC3=O)n1. The van der Waals surface area contributed by atoms with Gasteiger partial charge >= 0.3 is 6.18 Å². The van der Waals surface area contributed by atoms with Gasteiger partial charge in [0.25, 0.3) is 5.91 Å². The quantitative estimate of drug-likeness (QED) is 0.594. The number of aromatic amines is 1. The van der Waals surface area contributed by atoms with Crippen LogP contribution in [0, 0.1) is 0 Å². The Morgan fingerprint density at radius 2 is 1.97 bits per heavy atom. The molecule has 0 aliphatic carbocycles. The van der Waals surface area contributed by atoms with Gasteiger partial charge in [-0.1, -0.05) is 6.07 Å². The number of carbonyl (C=O) groups is 1. The van der Waals surface area contributed by atoms with Crippen molar-refractivity contribution in [2.45, 2.75) is 32.5 Å². The predicted octanol–water partition coefficient (Wildman–Crippen LogP) is 4.15. The highest BCUT2D eigenvalue weighted by atomic mass is 19.4. The maximum absolute atomic E-state index is 12.8. The number of halogens is 3. The topological polar surface area (TPSA) is 89.1 Å². The van der Waals surface area contributed by atoms with Gasteiger partial charge in [0.05, 0.1) is 23.1 Å². The number of rotatable bonds is 6. The summed E-state index contributed by atoms with van der Waals surface area (Å²) in [5, 5.41) is 2.78. The van der Waals surface area contributed by atoms with Gasteiger partial charge in [-0.2, -0.15) is 13.2 Å². The molecule has 1 amide bonds. The molecule has 1 aromatic carbocycles. The molecule has 0 bridgehead atoms. The number of aromatic nitrogens is 3. The molecule has 1 aliphatic heterocycles. The minimum absolute atomic E-state index is 0.0391. The molecule has 168 valence electrons. The number of nitrogens with one attached hydrogen (secondary N) is 2. The second-order valence-electron chi connectivity index (χ2n) is 7.55. The van der Waals surface area contributed by atoms with Crippen LogP contribution in [0.25, 0.3) is 22.8 Å². The van der Waals surface area contributed by atoms with Crippen LogP contribution in [0.1, 0.15) is 29.9 Å². The van der Waals surface area contributed by atoms with Gasteiger partial charge in [0, 0.05) is 24.9 Å². The molecule has 0 atom stereocenters. The number of hydrogen-bond donors (Lipinski definition) is 2. The zero-order valence-corrected chi connectivity index (χ0v) is 17.4. The number of alkyl halides is 3. The summed E-state index contributed by atoms with van der Waals surface area (Å²) in [6, 6.07) is 7.95. The van der Waals surface area contributed by atoms with E-state index in [0.717, 1.165) is 5.69 Å². The van der Waals surface area contributed by atoms with E-state index in [1.165, 1.54) is 12.3 Å². The van der Waals surface area contributed by atoms with E-state index < -0.39 is 12.8 Å². The first kappa shape index (κ1) is 21.7. The van der Waals surface area contributed by atoms with Crippen LogP contribution in [0.15, 0.2) is 36.5 Å². The zero-order chi connectivity index (χ0) is 22.9. The number of hydrogen-bond acceptors (Lipinski definition) is 5. The summed E-state index contributed by atoms with van der Waals surface area (Å²) >= 11 is 0. The van der Waals surface area contributed by atoms with Gasteiger partial charge in [-0.15, -0.1) is 0 Å². The smallest absolute Gasteiger partial charge is 0.422 e. The van der Waals surface area contributed by atoms with Crippen LogP contribution in [0.3, 0.4) is 0 Å². The Hall–Kier alpha value is -3.56. The lowest BCUT2D eigenvalue weighted by Gasteiger charge is -2.18. The van der Waals surface area contributed by atoms with Crippen LogP contribution in [0.4, 0.5) is 13.2 Å². The lowest BCUT2D eigenvalue weighted by Crippen LogP contribution is -2.31. The number of fused-ring (bicyclic) bond motifs is 1. The first-order valence-electron chi connectivity index (χ1n) is 10.0. The normalized spacial score (nSPS) is 13.6. The minimum Gasteiger partial charge on any atom is -0.490 e. The standard InChI is InChI=1S/C22H21F3N4O3/c1-12(2)32-18-5-3-4-17(31-11-22(23,24)25)19(18)20-26-8-7-15(29-20)16-10-13-14(28-16)6-9-27-21(13)30/h3-5,7-8,10,12,28H,6,9,11H2,1-2H3,(H,27,30). The molecule has 3 heterocycles. The molecule has 3 aromatic rings. The molecule has 7 nitrogen and oxygen atoms in total. The summed E-state index contributed by atoms with van der Waals surface area (Å²) in [6.07, 6.45) is -2.57. The highest BCUT2D eigenvalue weighted by Crippen LogP contribution is 2.38. The third-order valence-electron chi connectivity index (χ3n) is 4.70. The average molecular weight is 446 g/mol. The number of benzene rings is 1. The van der Waals surface area contributed by atoms with Crippen LogP contribution >= 0.6 is 0 Å². The fraction of sp³-hybridized carbons (Fsp3) is 0.318. The van der Waals surface area contributed by atoms with Gasteiger partial charge in [0.15, 0.2) is 12.4 Å². The summed E-state index contributed by atoms with van der Waals surface area (Å²) in [5.41, 5.74) is 2.67. The fourth-order valence-corrected chi connectivity index (χ4v) is 3.42. The molecule has 2 N–H and O–H groups in total. The second-order valence-corrected chi connectivity index (χ2v) is 7.55. The van der Waals surface area contributed by atoms with Crippen molar-refractivity contribution in [1.82, 2.24) is 20.3 Å². The van der Waals surface area contributed by atoms with Gasteiger partial charge in [-0.05, 0) is 38.1 Å². The van der Waals surface area contributed by atoms with Crippen molar-refractivity contribution >= 4 is 5.91 Å². The summed E-state index contributed by atoms with van der Waals surface area (Å²) in [6.45, 7) is 2.70. The zero-order valence-electron chi connectivity index (χ0n) is 17.4. The van der Waals surface area contributed by atoms with Crippen LogP contribution in [-0.2, 0) is 6.42 Å². The van der Waals surface area contributed by atoms with Crippen molar-refractivity contribution in [2.75, 3.05) is 13.2 Å². The molecule has 0 spiro atoms. The third kappa shape index (κ3) is 4.68. The number of amides is 1. The Morgan fingerprint density at radius 3 is 2.69 bits per heavy atom. The number of ether oxygens (including phenoxy) is 2. The van der Waals surface area contributed by atoms with E-state index in [9.17, 15) is 18.0 Å². The van der Waals surface area contributed by atoms with E-state index in [0.29, 0.717) is 35.7 Å². The summed E-state index contributed by atoms with van der Waals surface area (Å²) in [4.78, 5) is 24.1. The molecule has 4 rings (SSSR count). The maximum Gasteiger partial charge on any atom is 0.422 e. The summed E-state index contributed by atoms with van der Waals surface area (Å²) < 4.78 is 49.2. The summed E-state index contributed by atoms with van der Waals surface area (Å²) in [7, 11) is 0. The molecule has 0 unspecified atom stereocenters. The lowest BCUT2D eigenvalue weighted by atomic mass is 10.1. The van der Waals surface area contributed by atoms with E-state index in [4.69, 9.17) is 9.47 Å². The van der Waals surface area contributed by atoms with Crippen molar-refractivity contribution in [1.29, 1.82) is 0 Å². The minimum atomic E-state index is -4.50. The van der Waals surface area contributed by atoms with Gasteiger partial charge in [-0.25, -0.2) is 9.97 Å². The van der Waals surface area contributed by atoms with Crippen molar-refractivity contribution in [3.8, 4) is 34.3 Å². The molecule has 0 saturated heterocycles. The van der Waals surface area contributed by atoms with E-state index in [1.807, 2.05) is 0 Å². The van der Waals surface area contributed by atoms with Gasteiger partial charge in [0.1, 0.15) is 17.1 Å². The molecule has 10 heteroatoms. The molecule has 1 aliphatic rings. The Bertz CT molecular complexity index is 1140. The molecule has 0 radical (unpaired) electrons. The molecule has 0 fully saturated rings. The molecular weight excluding hydrogens is 425 g/mol. The lowest BCUT2D eigenvalue weighted by molar-refractivity contribution is -0.153. The summed E-state index contributed by atoms with van der Waals surface area (Å²) in [5.74, 6) is 0.249. The molecule has 32 heavy (non-hydrogen) atoms. The number of H-pyrrole nitrogens is 1. The Morgan fingerprint density at radius 1 is 1.19 bits per heavy atom. The van der Waals surface area contributed by atoms with Crippen molar-refractivity contribution < 1.29 is 27.4 Å². The van der Waals surface area contributed by atoms with E-state index in [-0.39, 0.29) is 29.1 Å². The largest absolute Gasteiger partial charge is 0.490 e. The van der Waals surface area contributed by atoms with Crippen molar-refractivity contribution in [3.05, 3.63) is 47.8 Å². The Balaban J connectivity index is 1.77. The predicted molar refractivity (Wildman–Crippen MR) is 111 cm³/mol. The van der Waals surface area contributed by atoms with Crippen LogP contribution in [-0.4, -0.2) is 46.3 Å². The van der Waals surface area contributed by atoms with E-state index in [2.05, 4.69) is 20.3 Å². The molecule has 2 aromatic heterocycles. The Kier molecular flexibility index (Phi) is 5.77. The van der Waals surface area contributed by atoms with Gasteiger partial charge in [0.2, 0.25) is 0 Å². The van der Waals surface area contributed by atoms with Crippen LogP contribution in [0.5, 0.6) is 11.5 Å².